The van der Waals surface area contributed by atoms with Gasteiger partial charge in [-0.1, -0.05) is 29.8 Å². The maximum Gasteiger partial charge on any atom is 0.260 e. The van der Waals surface area contributed by atoms with Crippen molar-refractivity contribution in [1.82, 2.24) is 4.90 Å². The van der Waals surface area contributed by atoms with Crippen LogP contribution in [0.15, 0.2) is 52.3 Å². The number of carbonyl (C=O) groups is 3. The van der Waals surface area contributed by atoms with Crippen LogP contribution in [0, 0.1) is 17.8 Å². The highest BCUT2D eigenvalue weighted by molar-refractivity contribution is 7.99. The minimum atomic E-state index is -0.653. The molecule has 2 aliphatic heterocycles. The van der Waals surface area contributed by atoms with Crippen molar-refractivity contribution in [3.63, 3.8) is 0 Å². The average molecular weight is 420 g/mol. The molecule has 0 bridgehead atoms. The van der Waals surface area contributed by atoms with Gasteiger partial charge in [-0.3, -0.25) is 19.3 Å². The SMILES string of the molecule is CC#CCN1C(=O)c2ccccc2Sc2cc(NC(=O)C3CCN(C)C3=O)ccc21. The summed E-state index contributed by atoms with van der Waals surface area (Å²) in [5.74, 6) is 4.61. The van der Waals surface area contributed by atoms with Crippen LogP contribution in [0.2, 0.25) is 0 Å². The number of nitrogens with zero attached hydrogens (tertiary/aromatic N) is 2. The summed E-state index contributed by atoms with van der Waals surface area (Å²) in [6.45, 7) is 2.61. The predicted octanol–water partition coefficient (Wildman–Crippen LogP) is 3.24. The summed E-state index contributed by atoms with van der Waals surface area (Å²) in [6.07, 6.45) is 0.520. The monoisotopic (exact) mass is 419 g/mol. The van der Waals surface area contributed by atoms with E-state index in [0.29, 0.717) is 24.2 Å². The molecule has 0 aromatic heterocycles. The van der Waals surface area contributed by atoms with Crippen LogP contribution in [0.5, 0.6) is 0 Å². The van der Waals surface area contributed by atoms with Crippen molar-refractivity contribution in [3.8, 4) is 11.8 Å². The summed E-state index contributed by atoms with van der Waals surface area (Å²) in [5.41, 5.74) is 1.97. The standard InChI is InChI=1S/C23H21N3O3S/c1-3-4-12-26-18-10-9-15(24-21(27)17-11-13-25(2)22(17)28)14-20(18)30-19-8-6-5-7-16(19)23(26)29/h5-10,14,17H,11-13H2,1-2H3,(H,24,27). The van der Waals surface area contributed by atoms with Crippen molar-refractivity contribution in [2.75, 3.05) is 30.4 Å². The maximum atomic E-state index is 13.1. The highest BCUT2D eigenvalue weighted by atomic mass is 32.2. The first-order valence-corrected chi connectivity index (χ1v) is 10.5. The lowest BCUT2D eigenvalue weighted by Gasteiger charge is -2.21. The van der Waals surface area contributed by atoms with Gasteiger partial charge >= 0.3 is 0 Å². The number of likely N-dealkylation sites (tertiary alicyclic amines) is 1. The van der Waals surface area contributed by atoms with Crippen LogP contribution in [-0.4, -0.2) is 42.8 Å². The van der Waals surface area contributed by atoms with Crippen molar-refractivity contribution in [3.05, 3.63) is 48.0 Å². The Balaban J connectivity index is 1.67. The summed E-state index contributed by atoms with van der Waals surface area (Å²) >= 11 is 1.48. The molecular formula is C23H21N3O3S. The first-order valence-electron chi connectivity index (χ1n) is 9.68. The highest BCUT2D eigenvalue weighted by Crippen LogP contribution is 2.42. The Labute approximate surface area is 179 Å². The molecule has 1 atom stereocenters. The van der Waals surface area contributed by atoms with Crippen LogP contribution in [0.3, 0.4) is 0 Å². The Kier molecular flexibility index (Phi) is 5.51. The fourth-order valence-electron chi connectivity index (χ4n) is 3.61. The van der Waals surface area contributed by atoms with E-state index in [-0.39, 0.29) is 24.3 Å². The summed E-state index contributed by atoms with van der Waals surface area (Å²) in [4.78, 5) is 42.8. The second kappa shape index (κ2) is 8.25. The van der Waals surface area contributed by atoms with Crippen LogP contribution in [0.1, 0.15) is 23.7 Å². The van der Waals surface area contributed by atoms with Crippen molar-refractivity contribution >= 4 is 40.9 Å². The van der Waals surface area contributed by atoms with Gasteiger partial charge in [0.25, 0.3) is 5.91 Å². The van der Waals surface area contributed by atoms with Gasteiger partial charge < -0.3 is 10.2 Å². The Morgan fingerprint density at radius 3 is 2.73 bits per heavy atom. The Bertz CT molecular complexity index is 1100. The lowest BCUT2D eigenvalue weighted by molar-refractivity contribution is -0.134. The van der Waals surface area contributed by atoms with Crippen LogP contribution in [0.25, 0.3) is 0 Å². The molecule has 3 amide bonds. The first kappa shape index (κ1) is 20.0. The highest BCUT2D eigenvalue weighted by Gasteiger charge is 2.35. The third-order valence-corrected chi connectivity index (χ3v) is 6.38. The number of hydrogen-bond donors (Lipinski definition) is 1. The summed E-state index contributed by atoms with van der Waals surface area (Å²) in [5, 5.41) is 2.87. The molecule has 1 unspecified atom stereocenters. The smallest absolute Gasteiger partial charge is 0.260 e. The maximum absolute atomic E-state index is 13.1. The van der Waals surface area contributed by atoms with E-state index in [1.54, 1.807) is 29.8 Å². The fourth-order valence-corrected chi connectivity index (χ4v) is 4.73. The molecule has 2 aromatic carbocycles. The van der Waals surface area contributed by atoms with Gasteiger partial charge in [-0.05, 0) is 43.7 Å². The number of nitrogens with one attached hydrogen (secondary N) is 1. The summed E-state index contributed by atoms with van der Waals surface area (Å²) in [7, 11) is 1.71. The van der Waals surface area contributed by atoms with Gasteiger partial charge in [0.15, 0.2) is 0 Å². The molecule has 1 fully saturated rings. The van der Waals surface area contributed by atoms with Crippen LogP contribution in [0.4, 0.5) is 11.4 Å². The van der Waals surface area contributed by atoms with Crippen molar-refractivity contribution in [1.29, 1.82) is 0 Å². The van der Waals surface area contributed by atoms with Crippen LogP contribution in [-0.2, 0) is 9.59 Å². The Morgan fingerprint density at radius 2 is 2.00 bits per heavy atom. The van der Waals surface area contributed by atoms with Crippen molar-refractivity contribution in [2.45, 2.75) is 23.1 Å². The van der Waals surface area contributed by atoms with Gasteiger partial charge in [-0.15, -0.1) is 5.92 Å². The second-order valence-corrected chi connectivity index (χ2v) is 8.27. The van der Waals surface area contributed by atoms with E-state index in [1.165, 1.54) is 11.8 Å². The molecular weight excluding hydrogens is 398 g/mol. The Morgan fingerprint density at radius 1 is 1.20 bits per heavy atom. The van der Waals surface area contributed by atoms with Gasteiger partial charge in [0.05, 0.1) is 17.8 Å². The van der Waals surface area contributed by atoms with E-state index < -0.39 is 5.92 Å². The molecule has 0 aliphatic carbocycles. The zero-order valence-electron chi connectivity index (χ0n) is 16.8. The molecule has 2 heterocycles. The van der Waals surface area contributed by atoms with Crippen molar-refractivity contribution in [2.24, 2.45) is 5.92 Å². The van der Waals surface area contributed by atoms with Gasteiger partial charge in [0, 0.05) is 29.1 Å². The van der Waals surface area contributed by atoms with Gasteiger partial charge in [0.2, 0.25) is 11.8 Å². The van der Waals surface area contributed by atoms with E-state index in [4.69, 9.17) is 0 Å². The molecule has 0 spiro atoms. The molecule has 7 heteroatoms. The number of fused-ring (bicyclic) bond motifs is 2. The fraction of sp³-hybridized carbons (Fsp3) is 0.261. The largest absolute Gasteiger partial charge is 0.345 e. The molecule has 1 N–H and O–H groups in total. The summed E-state index contributed by atoms with van der Waals surface area (Å²) < 4.78 is 0. The lowest BCUT2D eigenvalue weighted by atomic mass is 10.1. The zero-order chi connectivity index (χ0) is 21.3. The predicted molar refractivity (Wildman–Crippen MR) is 117 cm³/mol. The van der Waals surface area contributed by atoms with Crippen molar-refractivity contribution < 1.29 is 14.4 Å². The zero-order valence-corrected chi connectivity index (χ0v) is 17.6. The third-order valence-electron chi connectivity index (χ3n) is 5.26. The molecule has 0 radical (unpaired) electrons. The average Bonchev–Trinajstić information content (AvgIpc) is 3.02. The van der Waals surface area contributed by atoms with E-state index in [0.717, 1.165) is 15.5 Å². The Hall–Kier alpha value is -3.24. The molecule has 152 valence electrons. The molecule has 6 nitrogen and oxygen atoms in total. The second-order valence-electron chi connectivity index (χ2n) is 7.19. The number of carbonyl (C=O) groups excluding carboxylic acids is 3. The van der Waals surface area contributed by atoms with E-state index in [2.05, 4.69) is 17.2 Å². The van der Waals surface area contributed by atoms with E-state index >= 15 is 0 Å². The number of benzene rings is 2. The van der Waals surface area contributed by atoms with E-state index in [1.807, 2.05) is 36.4 Å². The first-order chi connectivity index (χ1) is 14.5. The van der Waals surface area contributed by atoms with Gasteiger partial charge in [-0.25, -0.2) is 0 Å². The minimum absolute atomic E-state index is 0.101. The minimum Gasteiger partial charge on any atom is -0.345 e. The molecule has 30 heavy (non-hydrogen) atoms. The lowest BCUT2D eigenvalue weighted by Crippen LogP contribution is -2.31. The number of rotatable bonds is 3. The van der Waals surface area contributed by atoms with Gasteiger partial charge in [-0.2, -0.15) is 0 Å². The summed E-state index contributed by atoms with van der Waals surface area (Å²) in [6, 6.07) is 12.9. The number of anilines is 2. The van der Waals surface area contributed by atoms with Crippen LogP contribution >= 0.6 is 11.8 Å². The molecule has 0 saturated carbocycles. The number of hydrogen-bond acceptors (Lipinski definition) is 4. The molecule has 1 saturated heterocycles. The quantitative estimate of drug-likeness (QED) is 0.613. The normalized spacial score (nSPS) is 17.6. The number of amides is 3. The molecule has 2 aliphatic rings. The molecule has 4 rings (SSSR count). The van der Waals surface area contributed by atoms with Gasteiger partial charge in [0.1, 0.15) is 5.92 Å². The van der Waals surface area contributed by atoms with E-state index in [9.17, 15) is 14.4 Å². The van der Waals surface area contributed by atoms with Crippen LogP contribution < -0.4 is 10.2 Å². The third kappa shape index (κ3) is 3.66. The molecule has 2 aromatic rings. The topological polar surface area (TPSA) is 69.7 Å².